The smallest absolute Gasteiger partial charge is 0.264 e. The van der Waals surface area contributed by atoms with Crippen LogP contribution >= 0.6 is 11.6 Å². The van der Waals surface area contributed by atoms with E-state index in [9.17, 15) is 21.6 Å². The summed E-state index contributed by atoms with van der Waals surface area (Å²) in [6, 6.07) is 26.5. The van der Waals surface area contributed by atoms with E-state index in [1.807, 2.05) is 30.3 Å². The Kier molecular flexibility index (Phi) is 8.83. The van der Waals surface area contributed by atoms with Gasteiger partial charge in [0.15, 0.2) is 6.61 Å². The van der Waals surface area contributed by atoms with Crippen molar-refractivity contribution in [2.24, 2.45) is 0 Å². The molecule has 2 N–H and O–H groups in total. The molecular weight excluding hydrogens is 598 g/mol. The number of carbonyl (C=O) groups is 1. The van der Waals surface area contributed by atoms with Gasteiger partial charge in [0.25, 0.3) is 15.9 Å². The number of carbonyl (C=O) groups excluding carboxylic acids is 1. The van der Waals surface area contributed by atoms with Crippen LogP contribution in [0.1, 0.15) is 11.1 Å². The molecule has 0 saturated heterocycles. The minimum Gasteiger partial charge on any atom is -0.484 e. The van der Waals surface area contributed by atoms with Gasteiger partial charge in [-0.1, -0.05) is 48.0 Å². The lowest BCUT2D eigenvalue weighted by Gasteiger charge is -2.20. The third kappa shape index (κ3) is 6.93. The third-order valence-corrected chi connectivity index (χ3v) is 10.2. The highest BCUT2D eigenvalue weighted by atomic mass is 35.5. The Balaban J connectivity index is 1.16. The zero-order valence-corrected chi connectivity index (χ0v) is 24.8. The van der Waals surface area contributed by atoms with Crippen molar-refractivity contribution in [3.05, 3.63) is 113 Å². The average Bonchev–Trinajstić information content (AvgIpc) is 3.41. The lowest BCUT2D eigenvalue weighted by atomic mass is 10.1. The fourth-order valence-corrected chi connectivity index (χ4v) is 7.18. The lowest BCUT2D eigenvalue weighted by Crippen LogP contribution is -2.29. The molecule has 0 atom stereocenters. The molecular formula is C30H28ClN3O6S2. The largest absolute Gasteiger partial charge is 0.484 e. The van der Waals surface area contributed by atoms with E-state index in [-0.39, 0.29) is 29.5 Å². The molecule has 4 aromatic carbocycles. The summed E-state index contributed by atoms with van der Waals surface area (Å²) in [5.41, 5.74) is 2.80. The van der Waals surface area contributed by atoms with Gasteiger partial charge in [0, 0.05) is 23.8 Å². The van der Waals surface area contributed by atoms with Crippen molar-refractivity contribution in [1.29, 1.82) is 0 Å². The maximum absolute atomic E-state index is 13.2. The maximum Gasteiger partial charge on any atom is 0.264 e. The Morgan fingerprint density at radius 2 is 1.55 bits per heavy atom. The van der Waals surface area contributed by atoms with Crippen LogP contribution in [0.2, 0.25) is 5.02 Å². The first-order valence-electron chi connectivity index (χ1n) is 13.1. The van der Waals surface area contributed by atoms with E-state index < -0.39 is 26.0 Å². The number of anilines is 2. The van der Waals surface area contributed by atoms with E-state index in [1.54, 1.807) is 18.2 Å². The molecule has 1 heterocycles. The van der Waals surface area contributed by atoms with Crippen LogP contribution in [0.3, 0.4) is 0 Å². The molecule has 0 saturated carbocycles. The molecule has 0 aliphatic carbocycles. The first kappa shape index (κ1) is 29.6. The number of hydrogen-bond acceptors (Lipinski definition) is 6. The van der Waals surface area contributed by atoms with Gasteiger partial charge in [0.1, 0.15) is 5.75 Å². The number of nitrogens with one attached hydrogen (secondary N) is 2. The van der Waals surface area contributed by atoms with Crippen LogP contribution in [0, 0.1) is 0 Å². The summed E-state index contributed by atoms with van der Waals surface area (Å²) < 4.78 is 61.1. The average molecular weight is 626 g/mol. The monoisotopic (exact) mass is 625 g/mol. The molecule has 218 valence electrons. The summed E-state index contributed by atoms with van der Waals surface area (Å²) in [6.07, 6.45) is 1.12. The number of amides is 1. The summed E-state index contributed by atoms with van der Waals surface area (Å²) in [7, 11) is -7.50. The summed E-state index contributed by atoms with van der Waals surface area (Å²) in [6.45, 7) is 0.221. The number of ether oxygens (including phenoxy) is 1. The predicted octanol–water partition coefficient (Wildman–Crippen LogP) is 4.63. The van der Waals surface area contributed by atoms with Crippen LogP contribution in [0.5, 0.6) is 5.75 Å². The van der Waals surface area contributed by atoms with Crippen molar-refractivity contribution in [2.75, 3.05) is 29.3 Å². The Morgan fingerprint density at radius 3 is 2.26 bits per heavy atom. The van der Waals surface area contributed by atoms with Gasteiger partial charge in [-0.3, -0.25) is 9.10 Å². The first-order valence-corrected chi connectivity index (χ1v) is 16.4. The summed E-state index contributed by atoms with van der Waals surface area (Å²) in [5.74, 6) is -0.137. The van der Waals surface area contributed by atoms with Crippen LogP contribution in [-0.4, -0.2) is 42.4 Å². The highest BCUT2D eigenvalue weighted by Crippen LogP contribution is 2.35. The number of rotatable bonds is 11. The predicted molar refractivity (Wildman–Crippen MR) is 162 cm³/mol. The summed E-state index contributed by atoms with van der Waals surface area (Å²) in [4.78, 5) is 12.8. The number of hydrogen-bond donors (Lipinski definition) is 2. The quantitative estimate of drug-likeness (QED) is 0.251. The fraction of sp³-hybridized carbons (Fsp3) is 0.167. The molecule has 0 radical (unpaired) electrons. The van der Waals surface area contributed by atoms with E-state index in [0.29, 0.717) is 35.0 Å². The van der Waals surface area contributed by atoms with Gasteiger partial charge in [0.2, 0.25) is 10.0 Å². The molecule has 0 bridgehead atoms. The van der Waals surface area contributed by atoms with E-state index in [4.69, 9.17) is 16.3 Å². The van der Waals surface area contributed by atoms with Crippen LogP contribution in [0.4, 0.5) is 11.4 Å². The van der Waals surface area contributed by atoms with E-state index in [1.165, 1.54) is 52.8 Å². The van der Waals surface area contributed by atoms with Gasteiger partial charge in [-0.25, -0.2) is 21.6 Å². The van der Waals surface area contributed by atoms with Crippen molar-refractivity contribution in [1.82, 2.24) is 4.72 Å². The fourth-order valence-electron chi connectivity index (χ4n) is 4.53. The van der Waals surface area contributed by atoms with Crippen molar-refractivity contribution in [2.45, 2.75) is 22.6 Å². The van der Waals surface area contributed by atoms with Crippen molar-refractivity contribution < 1.29 is 26.4 Å². The Bertz CT molecular complexity index is 1780. The van der Waals surface area contributed by atoms with Crippen LogP contribution in [-0.2, 0) is 37.7 Å². The number of halogens is 1. The first-order chi connectivity index (χ1) is 20.1. The molecule has 5 rings (SSSR count). The molecule has 0 aromatic heterocycles. The van der Waals surface area contributed by atoms with Crippen LogP contribution in [0.15, 0.2) is 107 Å². The molecule has 1 aliphatic rings. The molecule has 4 aromatic rings. The second-order valence-corrected chi connectivity index (χ2v) is 13.6. The zero-order chi connectivity index (χ0) is 29.7. The summed E-state index contributed by atoms with van der Waals surface area (Å²) in [5, 5.41) is 3.16. The standard InChI is InChI=1S/C30H28ClN3O6S2/c31-24-7-12-28(13-8-24)42(38,39)34-19-17-23-6-9-25(20-29(23)34)33-30(35)21-40-26-10-14-27(15-11-26)41(36,37)32-18-16-22-4-2-1-3-5-22/h1-15,20,32H,16-19,21H2,(H,33,35). The van der Waals surface area contributed by atoms with Crippen molar-refractivity contribution in [3.63, 3.8) is 0 Å². The Labute approximate surface area is 250 Å². The number of sulfonamides is 2. The zero-order valence-electron chi connectivity index (χ0n) is 22.4. The molecule has 0 unspecified atom stereocenters. The number of nitrogens with zero attached hydrogens (tertiary/aromatic N) is 1. The molecule has 42 heavy (non-hydrogen) atoms. The topological polar surface area (TPSA) is 122 Å². The summed E-state index contributed by atoms with van der Waals surface area (Å²) >= 11 is 5.91. The third-order valence-electron chi connectivity index (χ3n) is 6.68. The van der Waals surface area contributed by atoms with E-state index in [0.717, 1.165) is 11.1 Å². The van der Waals surface area contributed by atoms with E-state index in [2.05, 4.69) is 10.0 Å². The van der Waals surface area contributed by atoms with E-state index >= 15 is 0 Å². The molecule has 0 fully saturated rings. The highest BCUT2D eigenvalue weighted by molar-refractivity contribution is 7.92. The minimum atomic E-state index is -3.80. The normalized spacial score (nSPS) is 13.0. The molecule has 9 nitrogen and oxygen atoms in total. The van der Waals surface area contributed by atoms with Gasteiger partial charge in [0.05, 0.1) is 15.5 Å². The minimum absolute atomic E-state index is 0.0867. The van der Waals surface area contributed by atoms with Gasteiger partial charge in [-0.15, -0.1) is 0 Å². The molecule has 0 spiro atoms. The second kappa shape index (κ2) is 12.5. The van der Waals surface area contributed by atoms with Crippen LogP contribution < -0.4 is 19.1 Å². The van der Waals surface area contributed by atoms with Crippen LogP contribution in [0.25, 0.3) is 0 Å². The maximum atomic E-state index is 13.2. The molecule has 1 aliphatic heterocycles. The molecule has 12 heteroatoms. The lowest BCUT2D eigenvalue weighted by molar-refractivity contribution is -0.118. The highest BCUT2D eigenvalue weighted by Gasteiger charge is 2.31. The Hall–Kier alpha value is -3.90. The van der Waals surface area contributed by atoms with Crippen molar-refractivity contribution in [3.8, 4) is 5.75 Å². The van der Waals surface area contributed by atoms with Gasteiger partial charge in [-0.2, -0.15) is 0 Å². The van der Waals surface area contributed by atoms with Gasteiger partial charge in [-0.05, 0) is 84.6 Å². The SMILES string of the molecule is O=C(COc1ccc(S(=O)(=O)NCCc2ccccc2)cc1)Nc1ccc2c(c1)N(S(=O)(=O)c1ccc(Cl)cc1)CC2. The Morgan fingerprint density at radius 1 is 0.857 bits per heavy atom. The van der Waals surface area contributed by atoms with Gasteiger partial charge >= 0.3 is 0 Å². The molecule has 1 amide bonds. The second-order valence-electron chi connectivity index (χ2n) is 9.57. The van der Waals surface area contributed by atoms with Crippen molar-refractivity contribution >= 4 is 48.9 Å². The number of fused-ring (bicyclic) bond motifs is 1. The number of benzene rings is 4. The van der Waals surface area contributed by atoms with Gasteiger partial charge < -0.3 is 10.1 Å².